The predicted molar refractivity (Wildman–Crippen MR) is 77.4 cm³/mol. The number of benzene rings is 1. The molecular formula is C16H16N2O2. The molecule has 0 amide bonds. The standard InChI is InChI=1S/C16H16N2O2/c1-11-6-14(20-16(11)8-17)10-19-13-7-12-4-2-3-5-15(12)18-9-13/h2-7,9H,8,10,17H2,1H3. The van der Waals surface area contributed by atoms with Crippen molar-refractivity contribution in [1.29, 1.82) is 0 Å². The Morgan fingerprint density at radius 3 is 2.90 bits per heavy atom. The zero-order valence-corrected chi connectivity index (χ0v) is 11.3. The zero-order chi connectivity index (χ0) is 13.9. The van der Waals surface area contributed by atoms with Gasteiger partial charge in [-0.25, -0.2) is 0 Å². The van der Waals surface area contributed by atoms with Gasteiger partial charge in [-0.2, -0.15) is 0 Å². The summed E-state index contributed by atoms with van der Waals surface area (Å²) in [4.78, 5) is 4.36. The van der Waals surface area contributed by atoms with E-state index in [1.54, 1.807) is 6.20 Å². The summed E-state index contributed by atoms with van der Waals surface area (Å²) >= 11 is 0. The number of aryl methyl sites for hydroxylation is 1. The molecule has 0 atom stereocenters. The van der Waals surface area contributed by atoms with Crippen LogP contribution in [0.1, 0.15) is 17.1 Å². The van der Waals surface area contributed by atoms with Gasteiger partial charge in [0.05, 0.1) is 18.3 Å². The Labute approximate surface area is 117 Å². The van der Waals surface area contributed by atoms with Gasteiger partial charge in [0, 0.05) is 5.39 Å². The number of para-hydroxylation sites is 1. The average Bonchev–Trinajstić information content (AvgIpc) is 2.85. The molecule has 0 bridgehead atoms. The number of furan rings is 1. The maximum Gasteiger partial charge on any atom is 0.146 e. The van der Waals surface area contributed by atoms with E-state index in [2.05, 4.69) is 4.98 Å². The molecule has 2 aromatic heterocycles. The van der Waals surface area contributed by atoms with E-state index < -0.39 is 0 Å². The number of fused-ring (bicyclic) bond motifs is 1. The third-order valence-electron chi connectivity index (χ3n) is 3.20. The van der Waals surface area contributed by atoms with E-state index in [1.807, 2.05) is 43.3 Å². The first-order chi connectivity index (χ1) is 9.76. The van der Waals surface area contributed by atoms with Crippen LogP contribution in [-0.2, 0) is 13.2 Å². The highest BCUT2D eigenvalue weighted by Gasteiger charge is 2.07. The second-order valence-corrected chi connectivity index (χ2v) is 4.68. The van der Waals surface area contributed by atoms with E-state index >= 15 is 0 Å². The summed E-state index contributed by atoms with van der Waals surface area (Å²) < 4.78 is 11.3. The van der Waals surface area contributed by atoms with E-state index in [-0.39, 0.29) is 0 Å². The molecule has 0 aliphatic rings. The molecule has 3 aromatic rings. The quantitative estimate of drug-likeness (QED) is 0.789. The van der Waals surface area contributed by atoms with Gasteiger partial charge in [0.1, 0.15) is 23.9 Å². The van der Waals surface area contributed by atoms with Gasteiger partial charge in [-0.3, -0.25) is 4.98 Å². The Morgan fingerprint density at radius 2 is 2.10 bits per heavy atom. The number of aromatic nitrogens is 1. The van der Waals surface area contributed by atoms with Crippen molar-refractivity contribution < 1.29 is 9.15 Å². The fraction of sp³-hybridized carbons (Fsp3) is 0.188. The molecule has 102 valence electrons. The lowest BCUT2D eigenvalue weighted by atomic mass is 10.2. The molecule has 2 N–H and O–H groups in total. The van der Waals surface area contributed by atoms with Crippen LogP contribution in [0.25, 0.3) is 10.9 Å². The van der Waals surface area contributed by atoms with Crippen molar-refractivity contribution >= 4 is 10.9 Å². The molecule has 1 aromatic carbocycles. The first kappa shape index (κ1) is 12.7. The van der Waals surface area contributed by atoms with Crippen LogP contribution in [0.3, 0.4) is 0 Å². The van der Waals surface area contributed by atoms with Gasteiger partial charge in [0.15, 0.2) is 0 Å². The van der Waals surface area contributed by atoms with Crippen molar-refractivity contribution in [3.63, 3.8) is 0 Å². The third-order valence-corrected chi connectivity index (χ3v) is 3.20. The molecule has 0 aliphatic heterocycles. The van der Waals surface area contributed by atoms with Crippen molar-refractivity contribution in [2.45, 2.75) is 20.1 Å². The lowest BCUT2D eigenvalue weighted by Crippen LogP contribution is -1.96. The number of ether oxygens (including phenoxy) is 1. The third kappa shape index (κ3) is 2.51. The Balaban J connectivity index is 1.75. The minimum Gasteiger partial charge on any atom is -0.484 e. The fourth-order valence-corrected chi connectivity index (χ4v) is 2.15. The molecule has 20 heavy (non-hydrogen) atoms. The highest BCUT2D eigenvalue weighted by molar-refractivity contribution is 5.79. The summed E-state index contributed by atoms with van der Waals surface area (Å²) in [5.41, 5.74) is 7.60. The smallest absolute Gasteiger partial charge is 0.146 e. The first-order valence-corrected chi connectivity index (χ1v) is 6.52. The molecular weight excluding hydrogens is 252 g/mol. The van der Waals surface area contributed by atoms with Crippen molar-refractivity contribution in [1.82, 2.24) is 4.98 Å². The molecule has 4 nitrogen and oxygen atoms in total. The summed E-state index contributed by atoms with van der Waals surface area (Å²) in [6, 6.07) is 11.9. The lowest BCUT2D eigenvalue weighted by molar-refractivity contribution is 0.265. The van der Waals surface area contributed by atoms with Crippen LogP contribution in [0.5, 0.6) is 5.75 Å². The van der Waals surface area contributed by atoms with Gasteiger partial charge in [0.25, 0.3) is 0 Å². The van der Waals surface area contributed by atoms with Crippen LogP contribution >= 0.6 is 0 Å². The highest BCUT2D eigenvalue weighted by atomic mass is 16.5. The second kappa shape index (κ2) is 5.35. The van der Waals surface area contributed by atoms with Gasteiger partial charge >= 0.3 is 0 Å². The molecule has 0 saturated carbocycles. The predicted octanol–water partition coefficient (Wildman–Crippen LogP) is 3.17. The van der Waals surface area contributed by atoms with Gasteiger partial charge in [-0.1, -0.05) is 18.2 Å². The SMILES string of the molecule is Cc1cc(COc2cnc3ccccc3c2)oc1CN. The number of hydrogen-bond donors (Lipinski definition) is 1. The molecule has 3 rings (SSSR count). The summed E-state index contributed by atoms with van der Waals surface area (Å²) in [6.07, 6.45) is 1.72. The Bertz CT molecular complexity index is 734. The topological polar surface area (TPSA) is 61.3 Å². The van der Waals surface area contributed by atoms with Crippen LogP contribution in [0.4, 0.5) is 0 Å². The van der Waals surface area contributed by atoms with Crippen LogP contribution in [0, 0.1) is 6.92 Å². The monoisotopic (exact) mass is 268 g/mol. The summed E-state index contributed by atoms with van der Waals surface area (Å²) in [7, 11) is 0. The van der Waals surface area contributed by atoms with E-state index in [1.165, 1.54) is 0 Å². The van der Waals surface area contributed by atoms with Gasteiger partial charge < -0.3 is 14.9 Å². The number of rotatable bonds is 4. The van der Waals surface area contributed by atoms with Crippen molar-refractivity contribution in [3.05, 3.63) is 59.7 Å². The second-order valence-electron chi connectivity index (χ2n) is 4.68. The van der Waals surface area contributed by atoms with Crippen LogP contribution in [0.15, 0.2) is 47.0 Å². The van der Waals surface area contributed by atoms with E-state index in [9.17, 15) is 0 Å². The highest BCUT2D eigenvalue weighted by Crippen LogP contribution is 2.20. The lowest BCUT2D eigenvalue weighted by Gasteiger charge is -2.05. The fourth-order valence-electron chi connectivity index (χ4n) is 2.15. The molecule has 2 heterocycles. The minimum atomic E-state index is 0.376. The Kier molecular flexibility index (Phi) is 3.39. The molecule has 0 radical (unpaired) electrons. The number of nitrogens with zero attached hydrogens (tertiary/aromatic N) is 1. The zero-order valence-electron chi connectivity index (χ0n) is 11.3. The number of pyridine rings is 1. The molecule has 0 aliphatic carbocycles. The van der Waals surface area contributed by atoms with Crippen molar-refractivity contribution in [2.75, 3.05) is 0 Å². The summed E-state index contributed by atoms with van der Waals surface area (Å²) in [5.74, 6) is 2.31. The summed E-state index contributed by atoms with van der Waals surface area (Å²) in [6.45, 7) is 2.76. The van der Waals surface area contributed by atoms with Crippen molar-refractivity contribution in [2.24, 2.45) is 5.73 Å². The average molecular weight is 268 g/mol. The first-order valence-electron chi connectivity index (χ1n) is 6.52. The normalized spacial score (nSPS) is 10.9. The number of hydrogen-bond acceptors (Lipinski definition) is 4. The van der Waals surface area contributed by atoms with E-state index in [4.69, 9.17) is 14.9 Å². The van der Waals surface area contributed by atoms with E-state index in [0.29, 0.717) is 13.2 Å². The number of nitrogens with two attached hydrogens (primary N) is 1. The van der Waals surface area contributed by atoms with Crippen LogP contribution in [-0.4, -0.2) is 4.98 Å². The maximum atomic E-state index is 5.72. The largest absolute Gasteiger partial charge is 0.484 e. The van der Waals surface area contributed by atoms with Gasteiger partial charge in [-0.05, 0) is 30.7 Å². The maximum absolute atomic E-state index is 5.72. The Morgan fingerprint density at radius 1 is 1.25 bits per heavy atom. The molecule has 0 spiro atoms. The van der Waals surface area contributed by atoms with Gasteiger partial charge in [-0.15, -0.1) is 0 Å². The molecule has 4 heteroatoms. The Hall–Kier alpha value is -2.33. The van der Waals surface area contributed by atoms with Gasteiger partial charge in [0.2, 0.25) is 0 Å². The molecule has 0 fully saturated rings. The van der Waals surface area contributed by atoms with Crippen LogP contribution in [0.2, 0.25) is 0 Å². The van der Waals surface area contributed by atoms with Crippen LogP contribution < -0.4 is 10.5 Å². The minimum absolute atomic E-state index is 0.376. The molecule has 0 saturated heterocycles. The van der Waals surface area contributed by atoms with E-state index in [0.717, 1.165) is 33.7 Å². The summed E-state index contributed by atoms with van der Waals surface area (Å²) in [5, 5.41) is 1.06. The molecule has 0 unspecified atom stereocenters. The van der Waals surface area contributed by atoms with Crippen molar-refractivity contribution in [3.8, 4) is 5.75 Å².